The first-order valence-electron chi connectivity index (χ1n) is 8.12. The van der Waals surface area contributed by atoms with Crippen LogP contribution in [0.2, 0.25) is 0 Å². The summed E-state index contributed by atoms with van der Waals surface area (Å²) in [6.07, 6.45) is 0.742. The largest absolute Gasteiger partial charge is 0.493 e. The van der Waals surface area contributed by atoms with Gasteiger partial charge in [-0.15, -0.1) is 0 Å². The normalized spacial score (nSPS) is 11.7. The number of rotatable bonds is 4. The summed E-state index contributed by atoms with van der Waals surface area (Å²) in [7, 11) is 3.31. The molecule has 0 aliphatic rings. The average Bonchev–Trinajstić information content (AvgIpc) is 2.92. The van der Waals surface area contributed by atoms with Crippen molar-refractivity contribution in [3.05, 3.63) is 53.9 Å². The molecule has 3 aromatic rings. The van der Waals surface area contributed by atoms with Crippen molar-refractivity contribution in [1.29, 1.82) is 0 Å². The Hall–Kier alpha value is -2.49. The summed E-state index contributed by atoms with van der Waals surface area (Å²) in [4.78, 5) is 4.86. The lowest BCUT2D eigenvalue weighted by atomic mass is 10.1. The monoisotopic (exact) mass is 324 g/mol. The van der Waals surface area contributed by atoms with Crippen molar-refractivity contribution in [3.8, 4) is 11.5 Å². The van der Waals surface area contributed by atoms with E-state index in [0.717, 1.165) is 34.8 Å². The molecule has 0 amide bonds. The molecule has 0 bridgehead atoms. The molecule has 4 nitrogen and oxygen atoms in total. The number of ether oxygens (including phenoxy) is 2. The minimum absolute atomic E-state index is 0.0397. The van der Waals surface area contributed by atoms with Gasteiger partial charge in [0.1, 0.15) is 5.82 Å². The van der Waals surface area contributed by atoms with E-state index in [-0.39, 0.29) is 5.54 Å². The van der Waals surface area contributed by atoms with Gasteiger partial charge in [-0.3, -0.25) is 0 Å². The number of aromatic nitrogens is 2. The zero-order valence-corrected chi connectivity index (χ0v) is 15.0. The number of imidazole rings is 1. The van der Waals surface area contributed by atoms with Crippen LogP contribution >= 0.6 is 0 Å². The Kier molecular flexibility index (Phi) is 4.22. The van der Waals surface area contributed by atoms with Gasteiger partial charge in [-0.1, -0.05) is 18.2 Å². The molecule has 126 valence electrons. The van der Waals surface area contributed by atoms with Gasteiger partial charge in [0, 0.05) is 12.0 Å². The zero-order valence-electron chi connectivity index (χ0n) is 15.0. The van der Waals surface area contributed by atoms with E-state index in [9.17, 15) is 0 Å². The van der Waals surface area contributed by atoms with Crippen molar-refractivity contribution in [1.82, 2.24) is 9.55 Å². The molecule has 0 radical (unpaired) electrons. The van der Waals surface area contributed by atoms with Gasteiger partial charge in [-0.25, -0.2) is 4.98 Å². The third kappa shape index (κ3) is 2.96. The molecule has 0 unspecified atom stereocenters. The Morgan fingerprint density at radius 2 is 1.67 bits per heavy atom. The Morgan fingerprint density at radius 3 is 2.33 bits per heavy atom. The molecule has 0 spiro atoms. The van der Waals surface area contributed by atoms with Crippen LogP contribution in [0.4, 0.5) is 0 Å². The first kappa shape index (κ1) is 16.4. The smallest absolute Gasteiger partial charge is 0.161 e. The van der Waals surface area contributed by atoms with E-state index in [1.54, 1.807) is 14.2 Å². The van der Waals surface area contributed by atoms with E-state index in [1.165, 1.54) is 5.52 Å². The first-order chi connectivity index (χ1) is 11.4. The van der Waals surface area contributed by atoms with Gasteiger partial charge in [0.05, 0.1) is 25.3 Å². The lowest BCUT2D eigenvalue weighted by molar-refractivity contribution is 0.354. The number of hydrogen-bond donors (Lipinski definition) is 0. The lowest BCUT2D eigenvalue weighted by Gasteiger charge is -2.25. The number of para-hydroxylation sites is 2. The van der Waals surface area contributed by atoms with Crippen LogP contribution in [0.5, 0.6) is 11.5 Å². The predicted octanol–water partition coefficient (Wildman–Crippen LogP) is 4.40. The van der Waals surface area contributed by atoms with Crippen molar-refractivity contribution in [2.24, 2.45) is 0 Å². The van der Waals surface area contributed by atoms with Gasteiger partial charge in [-0.2, -0.15) is 0 Å². The number of methoxy groups -OCH3 is 2. The maximum Gasteiger partial charge on any atom is 0.161 e. The Balaban J connectivity index is 2.07. The summed E-state index contributed by atoms with van der Waals surface area (Å²) in [6, 6.07) is 14.3. The maximum atomic E-state index is 5.42. The van der Waals surface area contributed by atoms with Crippen LogP contribution in [0.25, 0.3) is 11.0 Å². The summed E-state index contributed by atoms with van der Waals surface area (Å²) in [5, 5.41) is 0. The van der Waals surface area contributed by atoms with Gasteiger partial charge < -0.3 is 14.0 Å². The van der Waals surface area contributed by atoms with Crippen molar-refractivity contribution in [3.63, 3.8) is 0 Å². The van der Waals surface area contributed by atoms with Gasteiger partial charge in [0.15, 0.2) is 11.5 Å². The maximum absolute atomic E-state index is 5.42. The molecule has 0 fully saturated rings. The van der Waals surface area contributed by atoms with E-state index >= 15 is 0 Å². The fourth-order valence-corrected chi connectivity index (χ4v) is 3.12. The van der Waals surface area contributed by atoms with Crippen LogP contribution in [0.3, 0.4) is 0 Å². The standard InChI is InChI=1S/C20H24N2O2/c1-20(2,3)22-16-9-7-6-8-15(16)21-19(22)13-14-10-11-17(23-4)18(12-14)24-5/h6-12H,13H2,1-5H3. The summed E-state index contributed by atoms with van der Waals surface area (Å²) >= 11 is 0. The molecule has 2 aromatic carbocycles. The van der Waals surface area contributed by atoms with Crippen LogP contribution < -0.4 is 9.47 Å². The zero-order chi connectivity index (χ0) is 17.3. The molecule has 0 N–H and O–H groups in total. The van der Waals surface area contributed by atoms with Crippen molar-refractivity contribution in [2.45, 2.75) is 32.7 Å². The summed E-state index contributed by atoms with van der Waals surface area (Å²) in [5.74, 6) is 2.54. The van der Waals surface area contributed by atoms with Gasteiger partial charge >= 0.3 is 0 Å². The van der Waals surface area contributed by atoms with Crippen LogP contribution in [0.1, 0.15) is 32.2 Å². The first-order valence-corrected chi connectivity index (χ1v) is 8.12. The third-order valence-corrected chi connectivity index (χ3v) is 4.11. The topological polar surface area (TPSA) is 36.3 Å². The fourth-order valence-electron chi connectivity index (χ4n) is 3.12. The second kappa shape index (κ2) is 6.19. The molecule has 24 heavy (non-hydrogen) atoms. The van der Waals surface area contributed by atoms with E-state index in [1.807, 2.05) is 18.2 Å². The highest BCUT2D eigenvalue weighted by molar-refractivity contribution is 5.76. The highest BCUT2D eigenvalue weighted by Crippen LogP contribution is 2.30. The number of hydrogen-bond acceptors (Lipinski definition) is 3. The Bertz CT molecular complexity index is 860. The quantitative estimate of drug-likeness (QED) is 0.714. The minimum Gasteiger partial charge on any atom is -0.493 e. The van der Waals surface area contributed by atoms with Crippen molar-refractivity contribution >= 4 is 11.0 Å². The van der Waals surface area contributed by atoms with Crippen LogP contribution in [0, 0.1) is 0 Å². The van der Waals surface area contributed by atoms with E-state index in [2.05, 4.69) is 49.6 Å². The molecule has 4 heteroatoms. The van der Waals surface area contributed by atoms with Gasteiger partial charge in [0.2, 0.25) is 0 Å². The molecule has 3 rings (SSSR count). The van der Waals surface area contributed by atoms with Crippen LogP contribution in [-0.2, 0) is 12.0 Å². The predicted molar refractivity (Wildman–Crippen MR) is 97.1 cm³/mol. The summed E-state index contributed by atoms with van der Waals surface area (Å²) in [5.41, 5.74) is 3.30. The molecule has 1 heterocycles. The Morgan fingerprint density at radius 1 is 0.958 bits per heavy atom. The lowest BCUT2D eigenvalue weighted by Crippen LogP contribution is -2.24. The van der Waals surface area contributed by atoms with Gasteiger partial charge in [-0.05, 0) is 50.6 Å². The summed E-state index contributed by atoms with van der Waals surface area (Å²) in [6.45, 7) is 6.62. The molecular weight excluding hydrogens is 300 g/mol. The summed E-state index contributed by atoms with van der Waals surface area (Å²) < 4.78 is 13.1. The molecule has 0 aliphatic heterocycles. The molecule has 0 atom stereocenters. The minimum atomic E-state index is -0.0397. The second-order valence-electron chi connectivity index (χ2n) is 6.89. The highest BCUT2D eigenvalue weighted by Gasteiger charge is 2.21. The Labute approximate surface area is 143 Å². The van der Waals surface area contributed by atoms with Crippen molar-refractivity contribution < 1.29 is 9.47 Å². The van der Waals surface area contributed by atoms with Gasteiger partial charge in [0.25, 0.3) is 0 Å². The molecule has 0 saturated carbocycles. The van der Waals surface area contributed by atoms with E-state index in [0.29, 0.717) is 0 Å². The van der Waals surface area contributed by atoms with Crippen LogP contribution in [-0.4, -0.2) is 23.8 Å². The fraction of sp³-hybridized carbons (Fsp3) is 0.350. The average molecular weight is 324 g/mol. The number of fused-ring (bicyclic) bond motifs is 1. The molecule has 0 aliphatic carbocycles. The molecule has 0 saturated heterocycles. The molecule has 1 aromatic heterocycles. The second-order valence-corrected chi connectivity index (χ2v) is 6.89. The SMILES string of the molecule is COc1ccc(Cc2nc3ccccc3n2C(C)(C)C)cc1OC. The highest BCUT2D eigenvalue weighted by atomic mass is 16.5. The molecular formula is C20H24N2O2. The van der Waals surface area contributed by atoms with E-state index in [4.69, 9.17) is 14.5 Å². The number of nitrogens with zero attached hydrogens (tertiary/aromatic N) is 2. The number of benzene rings is 2. The van der Waals surface area contributed by atoms with Crippen LogP contribution in [0.15, 0.2) is 42.5 Å². The third-order valence-electron chi connectivity index (χ3n) is 4.11. The van der Waals surface area contributed by atoms with Crippen molar-refractivity contribution in [2.75, 3.05) is 14.2 Å². The van der Waals surface area contributed by atoms with E-state index < -0.39 is 0 Å².